The van der Waals surface area contributed by atoms with Crippen LogP contribution >= 0.6 is 0 Å². The van der Waals surface area contributed by atoms with Crippen molar-refractivity contribution in [1.82, 2.24) is 4.90 Å². The van der Waals surface area contributed by atoms with Crippen LogP contribution in [-0.2, 0) is 4.79 Å². The zero-order chi connectivity index (χ0) is 13.8. The minimum Gasteiger partial charge on any atom is -0.481 e. The van der Waals surface area contributed by atoms with Gasteiger partial charge in [0.1, 0.15) is 0 Å². The van der Waals surface area contributed by atoms with Gasteiger partial charge >= 0.3 is 5.97 Å². The SMILES string of the molecule is CCCC1(C(=O)O)CCN(CCC(C)(C)C)CC1. The van der Waals surface area contributed by atoms with E-state index in [0.717, 1.165) is 45.3 Å². The summed E-state index contributed by atoms with van der Waals surface area (Å²) in [4.78, 5) is 13.9. The molecule has 1 heterocycles. The van der Waals surface area contributed by atoms with Gasteiger partial charge < -0.3 is 10.0 Å². The molecule has 0 bridgehead atoms. The maximum atomic E-state index is 11.5. The summed E-state index contributed by atoms with van der Waals surface area (Å²) in [5.41, 5.74) is -0.0717. The Morgan fingerprint density at radius 1 is 1.28 bits per heavy atom. The summed E-state index contributed by atoms with van der Waals surface area (Å²) < 4.78 is 0. The van der Waals surface area contributed by atoms with Gasteiger partial charge in [-0.05, 0) is 50.7 Å². The molecule has 0 unspecified atom stereocenters. The first-order chi connectivity index (χ1) is 8.29. The fourth-order valence-electron chi connectivity index (χ4n) is 2.75. The number of carboxylic acid groups (broad SMARTS) is 1. The third kappa shape index (κ3) is 4.27. The second-order valence-corrected chi connectivity index (χ2v) is 6.99. The lowest BCUT2D eigenvalue weighted by molar-refractivity contribution is -0.152. The van der Waals surface area contributed by atoms with Gasteiger partial charge in [0.05, 0.1) is 5.41 Å². The average molecular weight is 255 g/mol. The van der Waals surface area contributed by atoms with E-state index in [9.17, 15) is 9.90 Å². The summed E-state index contributed by atoms with van der Waals surface area (Å²) in [5.74, 6) is -0.583. The first-order valence-corrected chi connectivity index (χ1v) is 7.25. The van der Waals surface area contributed by atoms with E-state index in [2.05, 4.69) is 32.6 Å². The number of nitrogens with zero attached hydrogens (tertiary/aromatic N) is 1. The van der Waals surface area contributed by atoms with Gasteiger partial charge in [0.15, 0.2) is 0 Å². The van der Waals surface area contributed by atoms with Crippen LogP contribution in [0.3, 0.4) is 0 Å². The Bertz CT molecular complexity index is 273. The van der Waals surface area contributed by atoms with Crippen LogP contribution < -0.4 is 0 Å². The number of carboxylic acids is 1. The van der Waals surface area contributed by atoms with Crippen LogP contribution in [0.5, 0.6) is 0 Å². The zero-order valence-corrected chi connectivity index (χ0v) is 12.5. The lowest BCUT2D eigenvalue weighted by Crippen LogP contribution is -2.45. The van der Waals surface area contributed by atoms with Crippen molar-refractivity contribution in [2.75, 3.05) is 19.6 Å². The monoisotopic (exact) mass is 255 g/mol. The third-order valence-corrected chi connectivity index (χ3v) is 4.17. The highest BCUT2D eigenvalue weighted by Crippen LogP contribution is 2.36. The molecule has 1 fully saturated rings. The van der Waals surface area contributed by atoms with Crippen molar-refractivity contribution in [3.63, 3.8) is 0 Å². The molecule has 0 spiro atoms. The molecule has 3 heteroatoms. The quantitative estimate of drug-likeness (QED) is 0.818. The van der Waals surface area contributed by atoms with Crippen molar-refractivity contribution in [1.29, 1.82) is 0 Å². The Kier molecular flexibility index (Phi) is 5.20. The average Bonchev–Trinajstić information content (AvgIpc) is 2.27. The first kappa shape index (κ1) is 15.5. The Balaban J connectivity index is 2.46. The van der Waals surface area contributed by atoms with Crippen molar-refractivity contribution < 1.29 is 9.90 Å². The van der Waals surface area contributed by atoms with Crippen molar-refractivity contribution in [2.45, 2.75) is 59.8 Å². The van der Waals surface area contributed by atoms with Crippen LogP contribution in [0.25, 0.3) is 0 Å². The number of rotatable bonds is 5. The molecule has 0 aromatic carbocycles. The zero-order valence-electron chi connectivity index (χ0n) is 12.5. The van der Waals surface area contributed by atoms with Crippen LogP contribution in [0.1, 0.15) is 59.8 Å². The van der Waals surface area contributed by atoms with E-state index in [1.807, 2.05) is 0 Å². The molecule has 1 N–H and O–H groups in total. The molecule has 1 aliphatic rings. The van der Waals surface area contributed by atoms with E-state index in [4.69, 9.17) is 0 Å². The Morgan fingerprint density at radius 2 is 1.83 bits per heavy atom. The molecular weight excluding hydrogens is 226 g/mol. The van der Waals surface area contributed by atoms with Gasteiger partial charge in [0.25, 0.3) is 0 Å². The number of hydrogen-bond donors (Lipinski definition) is 1. The molecule has 0 amide bonds. The number of likely N-dealkylation sites (tertiary alicyclic amines) is 1. The van der Waals surface area contributed by atoms with E-state index in [1.54, 1.807) is 0 Å². The van der Waals surface area contributed by atoms with Gasteiger partial charge in [0.2, 0.25) is 0 Å². The molecule has 1 rings (SSSR count). The minimum atomic E-state index is -0.583. The molecule has 3 nitrogen and oxygen atoms in total. The molecular formula is C15H29NO2. The number of hydrogen-bond acceptors (Lipinski definition) is 2. The van der Waals surface area contributed by atoms with Crippen LogP contribution in [0.4, 0.5) is 0 Å². The first-order valence-electron chi connectivity index (χ1n) is 7.25. The lowest BCUT2D eigenvalue weighted by Gasteiger charge is -2.39. The lowest BCUT2D eigenvalue weighted by atomic mass is 9.75. The van der Waals surface area contributed by atoms with E-state index in [0.29, 0.717) is 5.41 Å². The Hall–Kier alpha value is -0.570. The molecule has 0 aliphatic carbocycles. The van der Waals surface area contributed by atoms with Crippen LogP contribution in [-0.4, -0.2) is 35.6 Å². The molecule has 0 saturated carbocycles. The summed E-state index contributed by atoms with van der Waals surface area (Å²) in [5, 5.41) is 9.45. The summed E-state index contributed by atoms with van der Waals surface area (Å²) in [6.07, 6.45) is 4.62. The van der Waals surface area contributed by atoms with E-state index < -0.39 is 11.4 Å². The van der Waals surface area contributed by atoms with E-state index in [1.165, 1.54) is 6.42 Å². The number of carbonyl (C=O) groups is 1. The highest BCUT2D eigenvalue weighted by molar-refractivity contribution is 5.74. The van der Waals surface area contributed by atoms with Gasteiger partial charge in [-0.2, -0.15) is 0 Å². The largest absolute Gasteiger partial charge is 0.481 e. The molecule has 0 aromatic heterocycles. The number of aliphatic carboxylic acids is 1. The molecule has 0 radical (unpaired) electrons. The van der Waals surface area contributed by atoms with Crippen LogP contribution in [0.15, 0.2) is 0 Å². The Morgan fingerprint density at radius 3 is 2.22 bits per heavy atom. The van der Waals surface area contributed by atoms with E-state index in [-0.39, 0.29) is 0 Å². The highest BCUT2D eigenvalue weighted by atomic mass is 16.4. The van der Waals surface area contributed by atoms with Crippen molar-refractivity contribution >= 4 is 5.97 Å². The maximum absolute atomic E-state index is 11.5. The fourth-order valence-corrected chi connectivity index (χ4v) is 2.75. The fraction of sp³-hybridized carbons (Fsp3) is 0.933. The summed E-state index contributed by atoms with van der Waals surface area (Å²) in [6, 6.07) is 0. The van der Waals surface area contributed by atoms with Gasteiger partial charge in [-0.1, -0.05) is 34.1 Å². The predicted octanol–water partition coefficient (Wildman–Crippen LogP) is 3.39. The predicted molar refractivity (Wildman–Crippen MR) is 74.7 cm³/mol. The van der Waals surface area contributed by atoms with Gasteiger partial charge in [-0.3, -0.25) is 4.79 Å². The van der Waals surface area contributed by atoms with Gasteiger partial charge in [-0.15, -0.1) is 0 Å². The van der Waals surface area contributed by atoms with E-state index >= 15 is 0 Å². The minimum absolute atomic E-state index is 0.366. The second-order valence-electron chi connectivity index (χ2n) is 6.99. The molecule has 1 aliphatic heterocycles. The summed E-state index contributed by atoms with van der Waals surface area (Å²) >= 11 is 0. The highest BCUT2D eigenvalue weighted by Gasteiger charge is 2.40. The topological polar surface area (TPSA) is 40.5 Å². The van der Waals surface area contributed by atoms with Crippen molar-refractivity contribution in [3.05, 3.63) is 0 Å². The van der Waals surface area contributed by atoms with Crippen molar-refractivity contribution in [2.24, 2.45) is 10.8 Å². The molecule has 0 atom stereocenters. The molecule has 106 valence electrons. The normalized spacial score (nSPS) is 20.9. The molecule has 18 heavy (non-hydrogen) atoms. The van der Waals surface area contributed by atoms with Gasteiger partial charge in [-0.25, -0.2) is 0 Å². The van der Waals surface area contributed by atoms with Crippen LogP contribution in [0, 0.1) is 10.8 Å². The Labute approximate surface area is 112 Å². The van der Waals surface area contributed by atoms with Gasteiger partial charge in [0, 0.05) is 0 Å². The third-order valence-electron chi connectivity index (χ3n) is 4.17. The number of piperidine rings is 1. The van der Waals surface area contributed by atoms with Crippen molar-refractivity contribution in [3.8, 4) is 0 Å². The second kappa shape index (κ2) is 6.05. The molecule has 1 saturated heterocycles. The maximum Gasteiger partial charge on any atom is 0.309 e. The summed E-state index contributed by atoms with van der Waals surface area (Å²) in [6.45, 7) is 11.9. The smallest absolute Gasteiger partial charge is 0.309 e. The van der Waals surface area contributed by atoms with Crippen LogP contribution in [0.2, 0.25) is 0 Å². The standard InChI is InChI=1S/C15H29NO2/c1-5-6-15(13(17)18)8-11-16(12-9-15)10-7-14(2,3)4/h5-12H2,1-4H3,(H,17,18). The molecule has 0 aromatic rings. The summed E-state index contributed by atoms with van der Waals surface area (Å²) in [7, 11) is 0.